The smallest absolute Gasteiger partial charge is 0.229 e. The molecule has 1 heterocycles. The maximum absolute atomic E-state index is 11.8. The monoisotopic (exact) mass is 313 g/mol. The summed E-state index contributed by atoms with van der Waals surface area (Å²) in [6.07, 6.45) is 2.44. The van der Waals surface area contributed by atoms with Crippen molar-refractivity contribution < 1.29 is 17.9 Å². The van der Waals surface area contributed by atoms with E-state index in [4.69, 9.17) is 4.74 Å². The third kappa shape index (κ3) is 4.08. The topological polar surface area (TPSA) is 87.7 Å². The molecule has 1 fully saturated rings. The molecule has 1 amide bonds. The van der Waals surface area contributed by atoms with Gasteiger partial charge in [0.25, 0.3) is 0 Å². The highest BCUT2D eigenvalue weighted by atomic mass is 32.2. The van der Waals surface area contributed by atoms with Crippen LogP contribution in [0.1, 0.15) is 12.8 Å². The van der Waals surface area contributed by atoms with Crippen LogP contribution >= 0.6 is 0 Å². The molecule has 1 saturated heterocycles. The average molecular weight is 313 g/mol. The van der Waals surface area contributed by atoms with Crippen molar-refractivity contribution >= 4 is 27.3 Å². The van der Waals surface area contributed by atoms with Crippen molar-refractivity contribution in [1.29, 1.82) is 0 Å². The standard InChI is InChI=1S/C13H19N3O4S/c1-14-9-20-12-8-10(16-7-3-4-13(16)17)5-6-11(12)15-21(2,18)19/h5-6,8,14-15H,3-4,7,9H2,1-2H3. The fourth-order valence-electron chi connectivity index (χ4n) is 2.15. The van der Waals surface area contributed by atoms with Crippen molar-refractivity contribution in [3.05, 3.63) is 18.2 Å². The number of nitrogens with zero attached hydrogens (tertiary/aromatic N) is 1. The molecule has 0 bridgehead atoms. The second-order valence-corrected chi connectivity index (χ2v) is 6.59. The number of benzene rings is 1. The van der Waals surface area contributed by atoms with Crippen molar-refractivity contribution in [3.63, 3.8) is 0 Å². The van der Waals surface area contributed by atoms with E-state index in [1.54, 1.807) is 30.1 Å². The summed E-state index contributed by atoms with van der Waals surface area (Å²) in [7, 11) is -1.68. The molecule has 8 heteroatoms. The number of carbonyl (C=O) groups excluding carboxylic acids is 1. The summed E-state index contributed by atoms with van der Waals surface area (Å²) >= 11 is 0. The van der Waals surface area contributed by atoms with Crippen LogP contribution in [-0.4, -0.2) is 40.9 Å². The molecule has 0 spiro atoms. The molecular formula is C13H19N3O4S. The van der Waals surface area contributed by atoms with Gasteiger partial charge in [0.1, 0.15) is 12.5 Å². The molecule has 116 valence electrons. The van der Waals surface area contributed by atoms with Crippen LogP contribution in [0.3, 0.4) is 0 Å². The normalized spacial score (nSPS) is 15.3. The van der Waals surface area contributed by atoms with Crippen molar-refractivity contribution in [2.24, 2.45) is 0 Å². The van der Waals surface area contributed by atoms with E-state index in [0.29, 0.717) is 30.1 Å². The van der Waals surface area contributed by atoms with E-state index in [1.807, 2.05) is 0 Å². The number of rotatable bonds is 6. The van der Waals surface area contributed by atoms with Crippen molar-refractivity contribution in [2.75, 3.05) is 36.2 Å². The average Bonchev–Trinajstić information content (AvgIpc) is 2.82. The van der Waals surface area contributed by atoms with E-state index >= 15 is 0 Å². The van der Waals surface area contributed by atoms with E-state index in [2.05, 4.69) is 10.0 Å². The molecule has 0 unspecified atom stereocenters. The Kier molecular flexibility index (Phi) is 4.69. The molecule has 1 aliphatic heterocycles. The molecule has 7 nitrogen and oxygen atoms in total. The van der Waals surface area contributed by atoms with Crippen LogP contribution in [0, 0.1) is 0 Å². The SMILES string of the molecule is CNCOc1cc(N2CCCC2=O)ccc1NS(C)(=O)=O. The van der Waals surface area contributed by atoms with Gasteiger partial charge in [-0.25, -0.2) is 8.42 Å². The van der Waals surface area contributed by atoms with Crippen LogP contribution in [0.5, 0.6) is 5.75 Å². The number of sulfonamides is 1. The minimum atomic E-state index is -3.40. The minimum absolute atomic E-state index is 0.0680. The molecular weight excluding hydrogens is 294 g/mol. The third-order valence-electron chi connectivity index (χ3n) is 3.02. The Morgan fingerprint density at radius 1 is 1.38 bits per heavy atom. The summed E-state index contributed by atoms with van der Waals surface area (Å²) in [6.45, 7) is 0.902. The quantitative estimate of drug-likeness (QED) is 0.756. The highest BCUT2D eigenvalue weighted by Crippen LogP contribution is 2.32. The van der Waals surface area contributed by atoms with Gasteiger partial charge in [0.05, 0.1) is 11.9 Å². The maximum Gasteiger partial charge on any atom is 0.229 e. The number of hydrogen-bond acceptors (Lipinski definition) is 5. The van der Waals surface area contributed by atoms with Crippen LogP contribution in [-0.2, 0) is 14.8 Å². The van der Waals surface area contributed by atoms with Gasteiger partial charge >= 0.3 is 0 Å². The first-order valence-corrected chi connectivity index (χ1v) is 8.49. The Labute approximate surface area is 124 Å². The van der Waals surface area contributed by atoms with Gasteiger partial charge in [0, 0.05) is 24.7 Å². The lowest BCUT2D eigenvalue weighted by Crippen LogP contribution is -2.24. The largest absolute Gasteiger partial charge is 0.476 e. The van der Waals surface area contributed by atoms with Crippen molar-refractivity contribution in [3.8, 4) is 5.75 Å². The van der Waals surface area contributed by atoms with E-state index in [1.165, 1.54) is 0 Å². The first-order chi connectivity index (χ1) is 9.90. The summed E-state index contributed by atoms with van der Waals surface area (Å²) in [6, 6.07) is 4.99. The highest BCUT2D eigenvalue weighted by molar-refractivity contribution is 7.92. The number of hydrogen-bond donors (Lipinski definition) is 2. The Morgan fingerprint density at radius 3 is 2.71 bits per heavy atom. The van der Waals surface area contributed by atoms with Crippen LogP contribution in [0.2, 0.25) is 0 Å². The number of anilines is 2. The molecule has 0 saturated carbocycles. The second-order valence-electron chi connectivity index (χ2n) is 4.85. The van der Waals surface area contributed by atoms with Crippen molar-refractivity contribution in [1.82, 2.24) is 5.32 Å². The zero-order valence-corrected chi connectivity index (χ0v) is 12.9. The van der Waals surface area contributed by atoms with E-state index in [-0.39, 0.29) is 12.6 Å². The molecule has 0 atom stereocenters. The van der Waals surface area contributed by atoms with Crippen LogP contribution in [0.25, 0.3) is 0 Å². The summed E-state index contributed by atoms with van der Waals surface area (Å²) in [5.74, 6) is 0.449. The van der Waals surface area contributed by atoms with Gasteiger partial charge in [-0.1, -0.05) is 0 Å². The predicted octanol–water partition coefficient (Wildman–Crippen LogP) is 0.741. The third-order valence-corrected chi connectivity index (χ3v) is 3.61. The molecule has 1 aliphatic rings. The first-order valence-electron chi connectivity index (χ1n) is 6.60. The Morgan fingerprint density at radius 2 is 2.14 bits per heavy atom. The van der Waals surface area contributed by atoms with Crippen molar-refractivity contribution in [2.45, 2.75) is 12.8 Å². The van der Waals surface area contributed by atoms with Gasteiger partial charge < -0.3 is 9.64 Å². The Hall–Kier alpha value is -1.80. The Balaban J connectivity index is 2.31. The lowest BCUT2D eigenvalue weighted by atomic mass is 10.2. The molecule has 1 aromatic carbocycles. The number of ether oxygens (including phenoxy) is 1. The lowest BCUT2D eigenvalue weighted by molar-refractivity contribution is -0.117. The van der Waals surface area contributed by atoms with Gasteiger partial charge in [-0.2, -0.15) is 0 Å². The molecule has 1 aromatic rings. The van der Waals surface area contributed by atoms with Crippen LogP contribution in [0.15, 0.2) is 18.2 Å². The summed E-state index contributed by atoms with van der Waals surface area (Å²) in [4.78, 5) is 13.5. The van der Waals surface area contributed by atoms with Gasteiger partial charge in [-0.15, -0.1) is 0 Å². The Bertz CT molecular complexity index is 630. The number of nitrogens with one attached hydrogen (secondary N) is 2. The van der Waals surface area contributed by atoms with Gasteiger partial charge in [0.2, 0.25) is 15.9 Å². The van der Waals surface area contributed by atoms with E-state index in [9.17, 15) is 13.2 Å². The minimum Gasteiger partial charge on any atom is -0.476 e. The van der Waals surface area contributed by atoms with E-state index < -0.39 is 10.0 Å². The van der Waals surface area contributed by atoms with Gasteiger partial charge in [0.15, 0.2) is 0 Å². The predicted molar refractivity (Wildman–Crippen MR) is 81.1 cm³/mol. The fraction of sp³-hybridized carbons (Fsp3) is 0.462. The summed E-state index contributed by atoms with van der Waals surface area (Å²) in [5.41, 5.74) is 1.06. The molecule has 0 aromatic heterocycles. The highest BCUT2D eigenvalue weighted by Gasteiger charge is 2.23. The lowest BCUT2D eigenvalue weighted by Gasteiger charge is -2.19. The van der Waals surface area contributed by atoms with Gasteiger partial charge in [-0.3, -0.25) is 14.8 Å². The zero-order chi connectivity index (χ0) is 15.5. The fourth-order valence-corrected chi connectivity index (χ4v) is 2.72. The summed E-state index contributed by atoms with van der Waals surface area (Å²) < 4.78 is 30.6. The molecule has 2 N–H and O–H groups in total. The second kappa shape index (κ2) is 6.31. The molecule has 21 heavy (non-hydrogen) atoms. The number of amides is 1. The molecule has 0 radical (unpaired) electrons. The van der Waals surface area contributed by atoms with Crippen LogP contribution < -0.4 is 19.7 Å². The van der Waals surface area contributed by atoms with Gasteiger partial charge in [-0.05, 0) is 25.6 Å². The molecule has 2 rings (SSSR count). The number of carbonyl (C=O) groups is 1. The van der Waals surface area contributed by atoms with Crippen LogP contribution in [0.4, 0.5) is 11.4 Å². The molecule has 0 aliphatic carbocycles. The van der Waals surface area contributed by atoms with E-state index in [0.717, 1.165) is 12.7 Å². The first kappa shape index (κ1) is 15.6. The maximum atomic E-state index is 11.8. The summed E-state index contributed by atoms with van der Waals surface area (Å²) in [5, 5.41) is 2.82. The zero-order valence-electron chi connectivity index (χ0n) is 12.0.